The first-order chi connectivity index (χ1) is 16.3. The molecule has 0 aromatic heterocycles. The Kier molecular flexibility index (Phi) is 6.93. The Morgan fingerprint density at radius 2 is 1.06 bits per heavy atom. The molecule has 170 valence electrons. The molecule has 0 radical (unpaired) electrons. The molecule has 0 N–H and O–H groups in total. The minimum Gasteiger partial charge on any atom is -0.0985 e. The van der Waals surface area contributed by atoms with Gasteiger partial charge in [-0.2, -0.15) is 0 Å². The van der Waals surface area contributed by atoms with Gasteiger partial charge in [0.25, 0.3) is 0 Å². The summed E-state index contributed by atoms with van der Waals surface area (Å²) in [5.41, 5.74) is 16.1. The molecule has 0 saturated carbocycles. The average molecular weight is 442 g/mol. The van der Waals surface area contributed by atoms with Crippen LogP contribution in [0, 0.1) is 34.6 Å². The number of benzene rings is 4. The van der Waals surface area contributed by atoms with Crippen LogP contribution in [0.2, 0.25) is 0 Å². The van der Waals surface area contributed by atoms with Crippen LogP contribution >= 0.6 is 0 Å². The van der Waals surface area contributed by atoms with Gasteiger partial charge in [-0.25, -0.2) is 0 Å². The number of aryl methyl sites for hydroxylation is 5. The Balaban J connectivity index is 1.61. The molecule has 0 saturated heterocycles. The number of hydrogen-bond acceptors (Lipinski definition) is 0. The van der Waals surface area contributed by atoms with Gasteiger partial charge in [0, 0.05) is 0 Å². The summed E-state index contributed by atoms with van der Waals surface area (Å²) >= 11 is 0. The Labute approximate surface area is 206 Å². The Morgan fingerprint density at radius 1 is 0.618 bits per heavy atom. The molecule has 0 aliphatic carbocycles. The second kappa shape index (κ2) is 9.89. The third-order valence-electron chi connectivity index (χ3n) is 7.16. The van der Waals surface area contributed by atoms with E-state index in [1.165, 1.54) is 61.1 Å². The second-order valence-electron chi connectivity index (χ2n) is 9.91. The van der Waals surface area contributed by atoms with Crippen LogP contribution in [0.5, 0.6) is 0 Å². The molecule has 0 nitrogen and oxygen atoms in total. The second-order valence-corrected chi connectivity index (χ2v) is 9.91. The lowest BCUT2D eigenvalue weighted by molar-refractivity contribution is 1.02. The molecule has 0 bridgehead atoms. The first kappa shape index (κ1) is 23.8. The number of hydrogen-bond donors (Lipinski definition) is 0. The van der Waals surface area contributed by atoms with E-state index in [2.05, 4.69) is 121 Å². The molecular weight excluding hydrogens is 407 g/mol. The lowest BCUT2D eigenvalue weighted by Crippen LogP contribution is -2.26. The first-order valence-electron chi connectivity index (χ1n) is 12.3. The molecule has 0 spiro atoms. The smallest absolute Gasteiger partial charge is 0.0985 e. The lowest BCUT2D eigenvalue weighted by Gasteiger charge is -2.21. The van der Waals surface area contributed by atoms with Crippen molar-refractivity contribution in [3.63, 3.8) is 0 Å². The topological polar surface area (TPSA) is 0 Å². The van der Waals surface area contributed by atoms with E-state index in [0.717, 1.165) is 12.8 Å². The highest BCUT2D eigenvalue weighted by Crippen LogP contribution is 2.30. The van der Waals surface area contributed by atoms with E-state index >= 15 is 0 Å². The molecule has 0 aliphatic rings. The van der Waals surface area contributed by atoms with Gasteiger partial charge < -0.3 is 0 Å². The van der Waals surface area contributed by atoms with Gasteiger partial charge in [-0.3, -0.25) is 0 Å². The maximum Gasteiger partial charge on any atom is 0.165 e. The highest BCUT2D eigenvalue weighted by Gasteiger charge is 2.18. The van der Waals surface area contributed by atoms with E-state index in [4.69, 9.17) is 0 Å². The standard InChI is InChI=1S/C33H35B/c1-8-27-11-15-29(16-12-27)31-19-24(5)33(25(6)20-31)34-26(7)32-22(3)17-30(18-23(32)4)28-13-9-21(2)10-14-28/h8-20,26,34H,1H2,2-7H3. The molecule has 0 fully saturated rings. The van der Waals surface area contributed by atoms with Crippen LogP contribution in [0.3, 0.4) is 0 Å². The van der Waals surface area contributed by atoms with Crippen molar-refractivity contribution in [3.05, 3.63) is 118 Å². The maximum absolute atomic E-state index is 3.86. The van der Waals surface area contributed by atoms with Crippen molar-refractivity contribution in [2.75, 3.05) is 0 Å². The molecule has 1 unspecified atom stereocenters. The van der Waals surface area contributed by atoms with Crippen LogP contribution in [-0.4, -0.2) is 7.28 Å². The van der Waals surface area contributed by atoms with Crippen LogP contribution in [0.1, 0.15) is 51.7 Å². The van der Waals surface area contributed by atoms with Crippen LogP contribution in [-0.2, 0) is 0 Å². The normalized spacial score (nSPS) is 11.8. The summed E-state index contributed by atoms with van der Waals surface area (Å²) in [7, 11) is 1.05. The highest BCUT2D eigenvalue weighted by atomic mass is 14.1. The summed E-state index contributed by atoms with van der Waals surface area (Å²) in [6.07, 6.45) is 1.89. The fourth-order valence-electron chi connectivity index (χ4n) is 5.37. The van der Waals surface area contributed by atoms with Gasteiger partial charge in [-0.05, 0) is 84.9 Å². The largest absolute Gasteiger partial charge is 0.165 e. The van der Waals surface area contributed by atoms with Crippen molar-refractivity contribution in [2.45, 2.75) is 47.4 Å². The minimum atomic E-state index is 0.460. The predicted octanol–water partition coefficient (Wildman–Crippen LogP) is 8.03. The van der Waals surface area contributed by atoms with Gasteiger partial charge in [0.1, 0.15) is 0 Å². The van der Waals surface area contributed by atoms with E-state index in [0.29, 0.717) is 5.82 Å². The molecule has 4 aromatic rings. The van der Waals surface area contributed by atoms with Crippen LogP contribution in [0.4, 0.5) is 0 Å². The van der Waals surface area contributed by atoms with Gasteiger partial charge in [0.15, 0.2) is 7.28 Å². The lowest BCUT2D eigenvalue weighted by atomic mass is 9.54. The highest BCUT2D eigenvalue weighted by molar-refractivity contribution is 6.56. The summed E-state index contributed by atoms with van der Waals surface area (Å²) in [5, 5.41) is 0. The maximum atomic E-state index is 3.86. The van der Waals surface area contributed by atoms with Crippen molar-refractivity contribution < 1.29 is 0 Å². The van der Waals surface area contributed by atoms with Gasteiger partial charge in [0.2, 0.25) is 0 Å². The molecule has 0 heterocycles. The fraction of sp³-hybridized carbons (Fsp3) is 0.212. The monoisotopic (exact) mass is 442 g/mol. The van der Waals surface area contributed by atoms with Gasteiger partial charge in [-0.1, -0.05) is 115 Å². The number of rotatable bonds is 6. The summed E-state index contributed by atoms with van der Waals surface area (Å²) in [6.45, 7) is 17.4. The van der Waals surface area contributed by atoms with E-state index in [-0.39, 0.29) is 0 Å². The Hall–Kier alpha value is -3.32. The fourth-order valence-corrected chi connectivity index (χ4v) is 5.37. The van der Waals surface area contributed by atoms with Crippen LogP contribution in [0.25, 0.3) is 28.3 Å². The van der Waals surface area contributed by atoms with Gasteiger partial charge in [0.05, 0.1) is 0 Å². The average Bonchev–Trinajstić information content (AvgIpc) is 2.81. The van der Waals surface area contributed by atoms with Crippen LogP contribution < -0.4 is 5.46 Å². The molecule has 4 aromatic carbocycles. The SMILES string of the molecule is C=Cc1ccc(-c2cc(C)c(BC(C)c3c(C)cc(-c4ccc(C)cc4)cc3C)c(C)c2)cc1. The van der Waals surface area contributed by atoms with Crippen LogP contribution in [0.15, 0.2) is 79.4 Å². The summed E-state index contributed by atoms with van der Waals surface area (Å²) in [5.74, 6) is 0.460. The zero-order chi connectivity index (χ0) is 24.4. The van der Waals surface area contributed by atoms with Gasteiger partial charge in [-0.15, -0.1) is 0 Å². The van der Waals surface area contributed by atoms with Crippen molar-refractivity contribution in [3.8, 4) is 22.3 Å². The molecule has 0 aliphatic heterocycles. The molecule has 0 amide bonds. The predicted molar refractivity (Wildman–Crippen MR) is 153 cm³/mol. The molecule has 34 heavy (non-hydrogen) atoms. The van der Waals surface area contributed by atoms with E-state index in [1.807, 2.05) is 6.08 Å². The zero-order valence-corrected chi connectivity index (χ0v) is 21.5. The summed E-state index contributed by atoms with van der Waals surface area (Å²) in [4.78, 5) is 0. The molecular formula is C33H35B. The van der Waals surface area contributed by atoms with Crippen molar-refractivity contribution in [1.29, 1.82) is 0 Å². The third-order valence-corrected chi connectivity index (χ3v) is 7.16. The van der Waals surface area contributed by atoms with Crippen molar-refractivity contribution in [2.24, 2.45) is 0 Å². The molecule has 4 rings (SSSR count). The van der Waals surface area contributed by atoms with Gasteiger partial charge >= 0.3 is 0 Å². The van der Waals surface area contributed by atoms with Crippen molar-refractivity contribution >= 4 is 18.8 Å². The third kappa shape index (κ3) is 4.94. The summed E-state index contributed by atoms with van der Waals surface area (Å²) in [6, 6.07) is 26.9. The van der Waals surface area contributed by atoms with E-state index in [9.17, 15) is 0 Å². The Bertz CT molecular complexity index is 1280. The van der Waals surface area contributed by atoms with E-state index < -0.39 is 0 Å². The Morgan fingerprint density at radius 3 is 1.53 bits per heavy atom. The zero-order valence-electron chi connectivity index (χ0n) is 21.5. The molecule has 1 heteroatoms. The minimum absolute atomic E-state index is 0.460. The quantitative estimate of drug-likeness (QED) is 0.265. The van der Waals surface area contributed by atoms with E-state index in [1.54, 1.807) is 0 Å². The molecule has 1 atom stereocenters. The van der Waals surface area contributed by atoms with Crippen molar-refractivity contribution in [1.82, 2.24) is 0 Å². The summed E-state index contributed by atoms with van der Waals surface area (Å²) < 4.78 is 0. The first-order valence-corrected chi connectivity index (χ1v) is 12.3.